The Bertz CT molecular complexity index is 208. The first-order valence-corrected chi connectivity index (χ1v) is 5.90. The first kappa shape index (κ1) is 12.7. The Morgan fingerprint density at radius 2 is 2.33 bits per heavy atom. The van der Waals surface area contributed by atoms with Gasteiger partial charge in [-0.2, -0.15) is 0 Å². The molecule has 0 radical (unpaired) electrons. The van der Waals surface area contributed by atoms with Crippen molar-refractivity contribution in [3.05, 3.63) is 0 Å². The Morgan fingerprint density at radius 1 is 1.60 bits per heavy atom. The fourth-order valence-corrected chi connectivity index (χ4v) is 1.97. The smallest absolute Gasteiger partial charge is 0.127 e. The SMILES string of the molecule is CCC(C)(C=O)CN1CCCOC(C)C1. The van der Waals surface area contributed by atoms with E-state index in [0.717, 1.165) is 45.4 Å². The summed E-state index contributed by atoms with van der Waals surface area (Å²) in [6.45, 7) is 9.92. The third-order valence-corrected chi connectivity index (χ3v) is 3.21. The summed E-state index contributed by atoms with van der Waals surface area (Å²) in [6.07, 6.45) is 3.37. The van der Waals surface area contributed by atoms with Crippen LogP contribution in [0.1, 0.15) is 33.6 Å². The number of hydrogen-bond donors (Lipinski definition) is 0. The topological polar surface area (TPSA) is 29.5 Å². The number of carbonyl (C=O) groups is 1. The highest BCUT2D eigenvalue weighted by Crippen LogP contribution is 2.20. The van der Waals surface area contributed by atoms with Crippen LogP contribution in [0.4, 0.5) is 0 Å². The maximum absolute atomic E-state index is 11.0. The molecule has 1 aliphatic rings. The molecule has 2 unspecified atom stereocenters. The molecule has 1 rings (SSSR count). The van der Waals surface area contributed by atoms with Gasteiger partial charge in [0.25, 0.3) is 0 Å². The first-order chi connectivity index (χ1) is 7.09. The van der Waals surface area contributed by atoms with Crippen molar-refractivity contribution < 1.29 is 9.53 Å². The molecule has 0 aromatic heterocycles. The quantitative estimate of drug-likeness (QED) is 0.666. The summed E-state index contributed by atoms with van der Waals surface area (Å²) in [5.74, 6) is 0. The largest absolute Gasteiger partial charge is 0.377 e. The molecule has 1 aliphatic heterocycles. The molecule has 0 N–H and O–H groups in total. The second kappa shape index (κ2) is 5.61. The van der Waals surface area contributed by atoms with Crippen LogP contribution in [0.15, 0.2) is 0 Å². The van der Waals surface area contributed by atoms with Crippen LogP contribution in [0.2, 0.25) is 0 Å². The van der Waals surface area contributed by atoms with Crippen LogP contribution in [0.3, 0.4) is 0 Å². The Morgan fingerprint density at radius 3 is 2.93 bits per heavy atom. The van der Waals surface area contributed by atoms with Gasteiger partial charge in [-0.3, -0.25) is 4.90 Å². The highest BCUT2D eigenvalue weighted by Gasteiger charge is 2.26. The summed E-state index contributed by atoms with van der Waals surface area (Å²) in [5, 5.41) is 0. The summed E-state index contributed by atoms with van der Waals surface area (Å²) in [6, 6.07) is 0. The van der Waals surface area contributed by atoms with Crippen molar-refractivity contribution in [2.24, 2.45) is 5.41 Å². The van der Waals surface area contributed by atoms with Crippen molar-refractivity contribution in [2.45, 2.75) is 39.7 Å². The molecule has 1 heterocycles. The molecule has 0 saturated carbocycles. The van der Waals surface area contributed by atoms with Gasteiger partial charge in [-0.1, -0.05) is 13.8 Å². The zero-order valence-electron chi connectivity index (χ0n) is 10.2. The lowest BCUT2D eigenvalue weighted by atomic mass is 9.89. The zero-order chi connectivity index (χ0) is 11.3. The molecule has 3 heteroatoms. The van der Waals surface area contributed by atoms with Gasteiger partial charge in [0.2, 0.25) is 0 Å². The van der Waals surface area contributed by atoms with E-state index in [1.807, 2.05) is 6.92 Å². The number of aldehydes is 1. The Balaban J connectivity index is 2.51. The molecule has 15 heavy (non-hydrogen) atoms. The Hall–Kier alpha value is -0.410. The standard InChI is InChI=1S/C12H23NO2/c1-4-12(3,10-14)9-13-6-5-7-15-11(2)8-13/h10-11H,4-9H2,1-3H3. The number of hydrogen-bond acceptors (Lipinski definition) is 3. The summed E-state index contributed by atoms with van der Waals surface area (Å²) in [7, 11) is 0. The molecule has 0 aliphatic carbocycles. The van der Waals surface area contributed by atoms with Crippen molar-refractivity contribution in [3.63, 3.8) is 0 Å². The molecule has 0 bridgehead atoms. The molecule has 2 atom stereocenters. The van der Waals surface area contributed by atoms with Crippen LogP contribution in [-0.4, -0.2) is 43.5 Å². The molecule has 0 amide bonds. The second-order valence-electron chi connectivity index (χ2n) is 4.90. The average Bonchev–Trinajstić information content (AvgIpc) is 2.42. The van der Waals surface area contributed by atoms with Crippen molar-refractivity contribution in [2.75, 3.05) is 26.2 Å². The maximum atomic E-state index is 11.0. The van der Waals surface area contributed by atoms with Gasteiger partial charge in [-0.25, -0.2) is 0 Å². The van der Waals surface area contributed by atoms with E-state index in [-0.39, 0.29) is 5.41 Å². The average molecular weight is 213 g/mol. The van der Waals surface area contributed by atoms with Gasteiger partial charge in [-0.15, -0.1) is 0 Å². The molecule has 1 fully saturated rings. The van der Waals surface area contributed by atoms with Crippen molar-refractivity contribution in [1.82, 2.24) is 4.90 Å². The Labute approximate surface area is 92.8 Å². The lowest BCUT2D eigenvalue weighted by Crippen LogP contribution is -2.39. The molecular formula is C12H23NO2. The maximum Gasteiger partial charge on any atom is 0.127 e. The lowest BCUT2D eigenvalue weighted by Gasteiger charge is -2.30. The molecule has 1 saturated heterocycles. The van der Waals surface area contributed by atoms with Crippen LogP contribution < -0.4 is 0 Å². The molecule has 0 aromatic carbocycles. The van der Waals surface area contributed by atoms with E-state index in [4.69, 9.17) is 4.74 Å². The van der Waals surface area contributed by atoms with E-state index in [9.17, 15) is 4.79 Å². The predicted octanol–water partition coefficient (Wildman–Crippen LogP) is 1.71. The van der Waals surface area contributed by atoms with Crippen molar-refractivity contribution in [3.8, 4) is 0 Å². The summed E-state index contributed by atoms with van der Waals surface area (Å²) in [4.78, 5) is 13.4. The predicted molar refractivity (Wildman–Crippen MR) is 60.9 cm³/mol. The van der Waals surface area contributed by atoms with E-state index in [2.05, 4.69) is 18.7 Å². The summed E-state index contributed by atoms with van der Waals surface area (Å²) >= 11 is 0. The van der Waals surface area contributed by atoms with E-state index in [0.29, 0.717) is 6.10 Å². The number of rotatable bonds is 4. The first-order valence-electron chi connectivity index (χ1n) is 5.90. The van der Waals surface area contributed by atoms with Gasteiger partial charge in [0.1, 0.15) is 6.29 Å². The van der Waals surface area contributed by atoms with Gasteiger partial charge in [0.05, 0.1) is 6.10 Å². The zero-order valence-corrected chi connectivity index (χ0v) is 10.2. The van der Waals surface area contributed by atoms with Crippen LogP contribution in [0, 0.1) is 5.41 Å². The molecule has 0 aromatic rings. The minimum absolute atomic E-state index is 0.190. The number of nitrogens with zero attached hydrogens (tertiary/aromatic N) is 1. The van der Waals surface area contributed by atoms with Gasteiger partial charge in [0, 0.05) is 31.7 Å². The van der Waals surface area contributed by atoms with Crippen molar-refractivity contribution in [1.29, 1.82) is 0 Å². The third kappa shape index (κ3) is 3.92. The van der Waals surface area contributed by atoms with Gasteiger partial charge >= 0.3 is 0 Å². The van der Waals surface area contributed by atoms with Gasteiger partial charge < -0.3 is 9.53 Å². The van der Waals surface area contributed by atoms with E-state index >= 15 is 0 Å². The molecular weight excluding hydrogens is 190 g/mol. The molecule has 0 spiro atoms. The van der Waals surface area contributed by atoms with Crippen LogP contribution in [0.25, 0.3) is 0 Å². The normalized spacial score (nSPS) is 28.1. The Kier molecular flexibility index (Phi) is 4.74. The number of ether oxygens (including phenoxy) is 1. The van der Waals surface area contributed by atoms with Crippen LogP contribution >= 0.6 is 0 Å². The van der Waals surface area contributed by atoms with E-state index in [1.165, 1.54) is 0 Å². The fourth-order valence-electron chi connectivity index (χ4n) is 1.97. The highest BCUT2D eigenvalue weighted by molar-refractivity contribution is 5.58. The molecule has 3 nitrogen and oxygen atoms in total. The summed E-state index contributed by atoms with van der Waals surface area (Å²) in [5.41, 5.74) is -0.190. The minimum atomic E-state index is -0.190. The minimum Gasteiger partial charge on any atom is -0.377 e. The third-order valence-electron chi connectivity index (χ3n) is 3.21. The van der Waals surface area contributed by atoms with Gasteiger partial charge in [-0.05, 0) is 19.8 Å². The van der Waals surface area contributed by atoms with E-state index < -0.39 is 0 Å². The van der Waals surface area contributed by atoms with Gasteiger partial charge in [0.15, 0.2) is 0 Å². The fraction of sp³-hybridized carbons (Fsp3) is 0.917. The lowest BCUT2D eigenvalue weighted by molar-refractivity contribution is -0.116. The monoisotopic (exact) mass is 213 g/mol. The second-order valence-corrected chi connectivity index (χ2v) is 4.90. The molecule has 88 valence electrons. The van der Waals surface area contributed by atoms with Crippen molar-refractivity contribution >= 4 is 6.29 Å². The summed E-state index contributed by atoms with van der Waals surface area (Å²) < 4.78 is 5.58. The van der Waals surface area contributed by atoms with Crippen LogP contribution in [0.5, 0.6) is 0 Å². The number of carbonyl (C=O) groups excluding carboxylic acids is 1. The van der Waals surface area contributed by atoms with Crippen LogP contribution in [-0.2, 0) is 9.53 Å². The highest BCUT2D eigenvalue weighted by atomic mass is 16.5. The van der Waals surface area contributed by atoms with E-state index in [1.54, 1.807) is 0 Å².